The van der Waals surface area contributed by atoms with Gasteiger partial charge >= 0.3 is 5.97 Å². The first kappa shape index (κ1) is 13.8. The van der Waals surface area contributed by atoms with Crippen LogP contribution >= 0.6 is 11.6 Å². The van der Waals surface area contributed by atoms with Gasteiger partial charge in [0, 0.05) is 5.02 Å². The fourth-order valence-corrected chi connectivity index (χ4v) is 1.50. The first-order valence-corrected chi connectivity index (χ1v) is 5.72. The summed E-state index contributed by atoms with van der Waals surface area (Å²) in [5, 5.41) is 3.50. The van der Waals surface area contributed by atoms with Crippen LogP contribution in [-0.4, -0.2) is 33.3 Å². The van der Waals surface area contributed by atoms with E-state index >= 15 is 0 Å². The number of carbonyl (C=O) groups is 1. The van der Waals surface area contributed by atoms with Crippen LogP contribution in [0.3, 0.4) is 0 Å². The molecule has 1 aromatic carbocycles. The SMILES string of the molecule is CNCCCOc1ccc(Cl)cc1C(=O)OC. The summed E-state index contributed by atoms with van der Waals surface area (Å²) in [5.41, 5.74) is 0.351. The maximum Gasteiger partial charge on any atom is 0.341 e. The van der Waals surface area contributed by atoms with Crippen molar-refractivity contribution >= 4 is 17.6 Å². The molecule has 0 radical (unpaired) electrons. The Morgan fingerprint density at radius 3 is 2.88 bits per heavy atom. The Morgan fingerprint density at radius 1 is 1.47 bits per heavy atom. The summed E-state index contributed by atoms with van der Waals surface area (Å²) in [6.07, 6.45) is 0.861. The monoisotopic (exact) mass is 257 g/mol. The molecule has 17 heavy (non-hydrogen) atoms. The Bertz CT molecular complexity index is 382. The van der Waals surface area contributed by atoms with E-state index in [1.165, 1.54) is 7.11 Å². The summed E-state index contributed by atoms with van der Waals surface area (Å²) in [6, 6.07) is 4.90. The predicted octanol–water partition coefficient (Wildman–Crippen LogP) is 2.11. The molecule has 0 atom stereocenters. The maximum absolute atomic E-state index is 11.5. The van der Waals surface area contributed by atoms with E-state index in [9.17, 15) is 4.79 Å². The third-order valence-electron chi connectivity index (χ3n) is 2.18. The van der Waals surface area contributed by atoms with Crippen LogP contribution < -0.4 is 10.1 Å². The summed E-state index contributed by atoms with van der Waals surface area (Å²) in [6.45, 7) is 1.40. The molecule has 0 aromatic heterocycles. The number of benzene rings is 1. The van der Waals surface area contributed by atoms with E-state index in [4.69, 9.17) is 16.3 Å². The highest BCUT2D eigenvalue weighted by Crippen LogP contribution is 2.23. The minimum absolute atomic E-state index is 0.351. The van der Waals surface area contributed by atoms with Gasteiger partial charge in [-0.1, -0.05) is 11.6 Å². The average molecular weight is 258 g/mol. The molecule has 0 aliphatic heterocycles. The molecular formula is C12H16ClNO3. The summed E-state index contributed by atoms with van der Waals surface area (Å²) in [4.78, 5) is 11.5. The van der Waals surface area contributed by atoms with E-state index in [1.807, 2.05) is 7.05 Å². The quantitative estimate of drug-likeness (QED) is 0.626. The summed E-state index contributed by atoms with van der Waals surface area (Å²) >= 11 is 5.83. The number of nitrogens with one attached hydrogen (secondary N) is 1. The van der Waals surface area contributed by atoms with Crippen molar-refractivity contribution in [1.82, 2.24) is 5.32 Å². The van der Waals surface area contributed by atoms with Gasteiger partial charge in [0.2, 0.25) is 0 Å². The number of ether oxygens (including phenoxy) is 2. The summed E-state index contributed by atoms with van der Waals surface area (Å²) in [5.74, 6) is 0.0495. The normalized spacial score (nSPS) is 10.1. The molecule has 0 unspecified atom stereocenters. The van der Waals surface area contributed by atoms with E-state index < -0.39 is 5.97 Å². The number of halogens is 1. The summed E-state index contributed by atoms with van der Waals surface area (Å²) < 4.78 is 10.2. The third kappa shape index (κ3) is 4.24. The number of methoxy groups -OCH3 is 1. The van der Waals surface area contributed by atoms with Crippen molar-refractivity contribution in [3.05, 3.63) is 28.8 Å². The van der Waals surface area contributed by atoms with E-state index in [1.54, 1.807) is 18.2 Å². The molecule has 4 nitrogen and oxygen atoms in total. The Balaban J connectivity index is 2.72. The van der Waals surface area contributed by atoms with Crippen LogP contribution in [-0.2, 0) is 4.74 Å². The van der Waals surface area contributed by atoms with Crippen molar-refractivity contribution in [3.8, 4) is 5.75 Å². The zero-order chi connectivity index (χ0) is 12.7. The van der Waals surface area contributed by atoms with E-state index in [-0.39, 0.29) is 0 Å². The lowest BCUT2D eigenvalue weighted by atomic mass is 10.2. The van der Waals surface area contributed by atoms with Crippen LogP contribution in [0, 0.1) is 0 Å². The lowest BCUT2D eigenvalue weighted by molar-refractivity contribution is 0.0596. The zero-order valence-electron chi connectivity index (χ0n) is 9.96. The average Bonchev–Trinajstić information content (AvgIpc) is 2.35. The second-order valence-electron chi connectivity index (χ2n) is 3.44. The van der Waals surface area contributed by atoms with Crippen LogP contribution in [0.5, 0.6) is 5.75 Å². The molecule has 0 fully saturated rings. The molecule has 0 saturated heterocycles. The number of esters is 1. The molecule has 0 saturated carbocycles. The topological polar surface area (TPSA) is 47.6 Å². The molecule has 1 rings (SSSR count). The molecule has 0 amide bonds. The number of carbonyl (C=O) groups excluding carboxylic acids is 1. The number of hydrogen-bond donors (Lipinski definition) is 1. The van der Waals surface area contributed by atoms with Crippen LogP contribution in [0.2, 0.25) is 5.02 Å². The van der Waals surface area contributed by atoms with Crippen molar-refractivity contribution in [1.29, 1.82) is 0 Å². The molecule has 1 N–H and O–H groups in total. The van der Waals surface area contributed by atoms with E-state index in [0.29, 0.717) is 22.9 Å². The van der Waals surface area contributed by atoms with Gasteiger partial charge in [0.25, 0.3) is 0 Å². The third-order valence-corrected chi connectivity index (χ3v) is 2.41. The van der Waals surface area contributed by atoms with Gasteiger partial charge in [0.15, 0.2) is 0 Å². The van der Waals surface area contributed by atoms with E-state index in [0.717, 1.165) is 13.0 Å². The van der Waals surface area contributed by atoms with Gasteiger partial charge in [-0.05, 0) is 38.2 Å². The van der Waals surface area contributed by atoms with Crippen LogP contribution in [0.4, 0.5) is 0 Å². The molecule has 0 aliphatic rings. The molecule has 0 spiro atoms. The fraction of sp³-hybridized carbons (Fsp3) is 0.417. The smallest absolute Gasteiger partial charge is 0.341 e. The second-order valence-corrected chi connectivity index (χ2v) is 3.87. The Morgan fingerprint density at radius 2 is 2.24 bits per heavy atom. The highest BCUT2D eigenvalue weighted by Gasteiger charge is 2.13. The molecule has 0 aliphatic carbocycles. The Labute approximate surface area is 106 Å². The standard InChI is InChI=1S/C12H16ClNO3/c1-14-6-3-7-17-11-5-4-9(13)8-10(11)12(15)16-2/h4-5,8,14H,3,6-7H2,1-2H3. The van der Waals surface area contributed by atoms with Crippen LogP contribution in [0.1, 0.15) is 16.8 Å². The van der Waals surface area contributed by atoms with Gasteiger partial charge in [0.05, 0.1) is 13.7 Å². The first-order valence-electron chi connectivity index (χ1n) is 5.34. The van der Waals surface area contributed by atoms with Gasteiger partial charge in [-0.15, -0.1) is 0 Å². The minimum Gasteiger partial charge on any atom is -0.493 e. The fourth-order valence-electron chi connectivity index (χ4n) is 1.33. The van der Waals surface area contributed by atoms with Gasteiger partial charge in [-0.2, -0.15) is 0 Å². The lowest BCUT2D eigenvalue weighted by Gasteiger charge is -2.10. The van der Waals surface area contributed by atoms with Crippen molar-refractivity contribution in [2.24, 2.45) is 0 Å². The van der Waals surface area contributed by atoms with Crippen molar-refractivity contribution in [2.75, 3.05) is 27.3 Å². The van der Waals surface area contributed by atoms with Gasteiger partial charge in [0.1, 0.15) is 11.3 Å². The van der Waals surface area contributed by atoms with Gasteiger partial charge in [-0.25, -0.2) is 4.79 Å². The molecule has 0 heterocycles. The first-order chi connectivity index (χ1) is 8.19. The van der Waals surface area contributed by atoms with Crippen molar-refractivity contribution in [3.63, 3.8) is 0 Å². The van der Waals surface area contributed by atoms with Crippen molar-refractivity contribution in [2.45, 2.75) is 6.42 Å². The van der Waals surface area contributed by atoms with Gasteiger partial charge in [-0.3, -0.25) is 0 Å². The number of rotatable bonds is 6. The Kier molecular flexibility index (Phi) is 5.80. The molecule has 94 valence electrons. The zero-order valence-corrected chi connectivity index (χ0v) is 10.7. The highest BCUT2D eigenvalue weighted by atomic mass is 35.5. The number of hydrogen-bond acceptors (Lipinski definition) is 4. The molecule has 0 bridgehead atoms. The van der Waals surface area contributed by atoms with Crippen LogP contribution in [0.15, 0.2) is 18.2 Å². The highest BCUT2D eigenvalue weighted by molar-refractivity contribution is 6.31. The van der Waals surface area contributed by atoms with Crippen LogP contribution in [0.25, 0.3) is 0 Å². The predicted molar refractivity (Wildman–Crippen MR) is 66.8 cm³/mol. The molecular weight excluding hydrogens is 242 g/mol. The minimum atomic E-state index is -0.448. The van der Waals surface area contributed by atoms with E-state index in [2.05, 4.69) is 10.1 Å². The van der Waals surface area contributed by atoms with Gasteiger partial charge < -0.3 is 14.8 Å². The Hall–Kier alpha value is -1.26. The maximum atomic E-state index is 11.5. The lowest BCUT2D eigenvalue weighted by Crippen LogP contribution is -2.13. The van der Waals surface area contributed by atoms with Crippen molar-refractivity contribution < 1.29 is 14.3 Å². The molecule has 1 aromatic rings. The largest absolute Gasteiger partial charge is 0.493 e. The molecule has 5 heteroatoms. The second kappa shape index (κ2) is 7.14. The summed E-state index contributed by atoms with van der Waals surface area (Å²) in [7, 11) is 3.20.